The molecule has 0 saturated carbocycles. The summed E-state index contributed by atoms with van der Waals surface area (Å²) in [6.07, 6.45) is 0. The molecule has 8 aromatic carbocycles. The van der Waals surface area contributed by atoms with Crippen molar-refractivity contribution in [2.45, 2.75) is 0 Å². The van der Waals surface area contributed by atoms with Gasteiger partial charge in [0.15, 0.2) is 17.5 Å². The topological polar surface area (TPSA) is 51.8 Å². The van der Waals surface area contributed by atoms with Gasteiger partial charge in [-0.1, -0.05) is 164 Å². The maximum atomic E-state index is 6.37. The normalized spacial score (nSPS) is 11.6. The van der Waals surface area contributed by atoms with E-state index in [0.29, 0.717) is 17.5 Å². The van der Waals surface area contributed by atoms with E-state index in [1.807, 2.05) is 18.2 Å². The van der Waals surface area contributed by atoms with Gasteiger partial charge in [0.1, 0.15) is 11.2 Å². The van der Waals surface area contributed by atoms with Crippen molar-refractivity contribution in [1.29, 1.82) is 0 Å². The lowest BCUT2D eigenvalue weighted by atomic mass is 9.90. The zero-order valence-corrected chi connectivity index (χ0v) is 30.9. The van der Waals surface area contributed by atoms with E-state index in [1.54, 1.807) is 11.3 Å². The molecule has 11 aromatic rings. The average Bonchev–Trinajstić information content (AvgIpc) is 3.85. The summed E-state index contributed by atoms with van der Waals surface area (Å²) < 4.78 is 8.82. The van der Waals surface area contributed by atoms with E-state index in [-0.39, 0.29) is 0 Å². The third-order valence-corrected chi connectivity index (χ3v) is 11.7. The van der Waals surface area contributed by atoms with E-state index in [1.165, 1.54) is 25.7 Å². The first-order valence-corrected chi connectivity index (χ1v) is 19.5. The summed E-state index contributed by atoms with van der Waals surface area (Å²) in [5.41, 5.74) is 11.4. The van der Waals surface area contributed by atoms with E-state index in [9.17, 15) is 0 Å². The minimum atomic E-state index is 0.621. The van der Waals surface area contributed by atoms with Crippen LogP contribution in [0.5, 0.6) is 0 Å². The quantitative estimate of drug-likeness (QED) is 0.171. The van der Waals surface area contributed by atoms with Crippen molar-refractivity contribution in [3.05, 3.63) is 188 Å². The first kappa shape index (κ1) is 32.2. The van der Waals surface area contributed by atoms with Crippen molar-refractivity contribution in [2.75, 3.05) is 0 Å². The van der Waals surface area contributed by atoms with Crippen LogP contribution in [-0.4, -0.2) is 15.0 Å². The zero-order chi connectivity index (χ0) is 37.0. The molecule has 3 heterocycles. The van der Waals surface area contributed by atoms with E-state index in [2.05, 4.69) is 170 Å². The molecule has 4 nitrogen and oxygen atoms in total. The van der Waals surface area contributed by atoms with Gasteiger partial charge in [-0.25, -0.2) is 15.0 Å². The zero-order valence-electron chi connectivity index (χ0n) is 30.1. The monoisotopic (exact) mass is 733 g/mol. The lowest BCUT2D eigenvalue weighted by Crippen LogP contribution is -2.00. The van der Waals surface area contributed by atoms with E-state index >= 15 is 0 Å². The van der Waals surface area contributed by atoms with Crippen LogP contribution in [0.4, 0.5) is 0 Å². The van der Waals surface area contributed by atoms with Crippen LogP contribution >= 0.6 is 11.3 Å². The molecule has 0 spiro atoms. The largest absolute Gasteiger partial charge is 0.456 e. The molecule has 0 radical (unpaired) electrons. The van der Waals surface area contributed by atoms with Crippen LogP contribution < -0.4 is 0 Å². The molecule has 0 aliphatic carbocycles. The first-order chi connectivity index (χ1) is 27.7. The van der Waals surface area contributed by atoms with E-state index in [4.69, 9.17) is 19.4 Å². The van der Waals surface area contributed by atoms with Gasteiger partial charge < -0.3 is 4.42 Å². The Morgan fingerprint density at radius 1 is 0.321 bits per heavy atom. The van der Waals surface area contributed by atoms with Crippen molar-refractivity contribution in [3.8, 4) is 67.5 Å². The maximum absolute atomic E-state index is 6.37. The summed E-state index contributed by atoms with van der Waals surface area (Å²) >= 11 is 1.79. The Balaban J connectivity index is 1.08. The molecule has 0 aliphatic heterocycles. The fraction of sp³-hybridized carbons (Fsp3) is 0. The summed E-state index contributed by atoms with van der Waals surface area (Å²) in [7, 11) is 0. The van der Waals surface area contributed by atoms with Crippen molar-refractivity contribution in [3.63, 3.8) is 0 Å². The number of para-hydroxylation sites is 1. The number of aromatic nitrogens is 3. The summed E-state index contributed by atoms with van der Waals surface area (Å²) in [5, 5.41) is 4.58. The van der Waals surface area contributed by atoms with Gasteiger partial charge in [-0.15, -0.1) is 11.3 Å². The summed E-state index contributed by atoms with van der Waals surface area (Å²) in [6, 6.07) is 65.6. The minimum absolute atomic E-state index is 0.621. The van der Waals surface area contributed by atoms with Gasteiger partial charge in [-0.2, -0.15) is 0 Å². The predicted molar refractivity (Wildman–Crippen MR) is 233 cm³/mol. The van der Waals surface area contributed by atoms with Gasteiger partial charge in [0.05, 0.1) is 0 Å². The molecule has 3 aromatic heterocycles. The highest BCUT2D eigenvalue weighted by Gasteiger charge is 2.20. The number of nitrogens with zero attached hydrogens (tertiary/aromatic N) is 3. The smallest absolute Gasteiger partial charge is 0.164 e. The summed E-state index contributed by atoms with van der Waals surface area (Å²) in [6.45, 7) is 0. The second-order valence-electron chi connectivity index (χ2n) is 13.9. The molecule has 262 valence electrons. The number of benzene rings is 8. The fourth-order valence-electron chi connectivity index (χ4n) is 7.92. The number of fused-ring (bicyclic) bond motifs is 6. The van der Waals surface area contributed by atoms with Crippen LogP contribution in [0.1, 0.15) is 0 Å². The summed E-state index contributed by atoms with van der Waals surface area (Å²) in [5.74, 6) is 1.90. The standard InChI is InChI=1S/C51H31N3OS/c1-3-12-32(13-4-1)33-22-26-36(27-23-33)49-52-50(54-51(53-49)41-18-11-21-45-47(41)40-17-8-10-20-44(40)56-45)37-28-24-35(25-29-37)46-38(34-14-5-2-6-15-34)30-31-43-48(46)39-16-7-9-19-42(39)55-43/h1-31H. The van der Waals surface area contributed by atoms with Gasteiger partial charge >= 0.3 is 0 Å². The second kappa shape index (κ2) is 13.3. The Morgan fingerprint density at radius 3 is 1.61 bits per heavy atom. The number of hydrogen-bond donors (Lipinski definition) is 0. The molecule has 0 aliphatic rings. The number of furan rings is 1. The molecule has 0 atom stereocenters. The molecular weight excluding hydrogens is 703 g/mol. The van der Waals surface area contributed by atoms with Crippen LogP contribution in [0.25, 0.3) is 110 Å². The molecule has 0 fully saturated rings. The molecule has 0 unspecified atom stereocenters. The van der Waals surface area contributed by atoms with Crippen molar-refractivity contribution in [2.24, 2.45) is 0 Å². The van der Waals surface area contributed by atoms with Crippen LogP contribution in [0, 0.1) is 0 Å². The number of rotatable bonds is 6. The number of hydrogen-bond acceptors (Lipinski definition) is 5. The maximum Gasteiger partial charge on any atom is 0.164 e. The molecule has 0 amide bonds. The van der Waals surface area contributed by atoms with Gasteiger partial charge in [-0.3, -0.25) is 0 Å². The molecule has 56 heavy (non-hydrogen) atoms. The average molecular weight is 734 g/mol. The van der Waals surface area contributed by atoms with Gasteiger partial charge in [-0.05, 0) is 52.1 Å². The fourth-order valence-corrected chi connectivity index (χ4v) is 9.05. The Bertz CT molecular complexity index is 3220. The van der Waals surface area contributed by atoms with Crippen LogP contribution in [0.3, 0.4) is 0 Å². The van der Waals surface area contributed by atoms with Gasteiger partial charge in [0.2, 0.25) is 0 Å². The first-order valence-electron chi connectivity index (χ1n) is 18.7. The van der Waals surface area contributed by atoms with E-state index in [0.717, 1.165) is 66.4 Å². The highest BCUT2D eigenvalue weighted by Crippen LogP contribution is 2.44. The Labute approximate surface area is 327 Å². The lowest BCUT2D eigenvalue weighted by Gasteiger charge is -2.13. The Morgan fingerprint density at radius 2 is 0.875 bits per heavy atom. The van der Waals surface area contributed by atoms with Crippen molar-refractivity contribution < 1.29 is 4.42 Å². The van der Waals surface area contributed by atoms with Crippen molar-refractivity contribution >= 4 is 53.4 Å². The third-order valence-electron chi connectivity index (χ3n) is 10.6. The second-order valence-corrected chi connectivity index (χ2v) is 15.0. The SMILES string of the molecule is c1ccc(-c2ccc(-c3nc(-c4ccc(-c5c(-c6ccccc6)ccc6oc7ccccc7c56)cc4)nc(-c4cccc5sc6ccccc6c45)n3)cc2)cc1. The minimum Gasteiger partial charge on any atom is -0.456 e. The molecule has 5 heteroatoms. The lowest BCUT2D eigenvalue weighted by molar-refractivity contribution is 0.669. The molecular formula is C51H31N3OS. The van der Waals surface area contributed by atoms with E-state index < -0.39 is 0 Å². The van der Waals surface area contributed by atoms with Crippen LogP contribution in [0.15, 0.2) is 192 Å². The van der Waals surface area contributed by atoms with Gasteiger partial charge in [0, 0.05) is 53.2 Å². The van der Waals surface area contributed by atoms with Crippen molar-refractivity contribution in [1.82, 2.24) is 15.0 Å². The molecule has 0 N–H and O–H groups in total. The molecule has 0 saturated heterocycles. The number of thiophene rings is 1. The molecule has 0 bridgehead atoms. The third kappa shape index (κ3) is 5.48. The predicted octanol–water partition coefficient (Wildman–Crippen LogP) is 14.1. The summed E-state index contributed by atoms with van der Waals surface area (Å²) in [4.78, 5) is 15.5. The van der Waals surface area contributed by atoms with Crippen LogP contribution in [0.2, 0.25) is 0 Å². The molecule has 11 rings (SSSR count). The highest BCUT2D eigenvalue weighted by molar-refractivity contribution is 7.25. The highest BCUT2D eigenvalue weighted by atomic mass is 32.1. The van der Waals surface area contributed by atoms with Crippen LogP contribution in [-0.2, 0) is 0 Å². The Kier molecular flexibility index (Phi) is 7.64. The Hall–Kier alpha value is -7.21. The van der Waals surface area contributed by atoms with Gasteiger partial charge in [0.25, 0.3) is 0 Å².